The molecule has 19 heavy (non-hydrogen) atoms. The monoisotopic (exact) mass is 281 g/mol. The molecule has 0 aliphatic heterocycles. The van der Waals surface area contributed by atoms with Gasteiger partial charge in [-0.3, -0.25) is 4.79 Å². The summed E-state index contributed by atoms with van der Waals surface area (Å²) in [5.41, 5.74) is 6.37. The first-order chi connectivity index (χ1) is 8.87. The Kier molecular flexibility index (Phi) is 3.99. The number of carbonyl (C=O) groups is 1. The predicted octanol–water partition coefficient (Wildman–Crippen LogP) is 3.02. The molecule has 1 aromatic rings. The van der Waals surface area contributed by atoms with Gasteiger partial charge in [-0.15, -0.1) is 0 Å². The molecule has 0 aromatic carbocycles. The third-order valence-electron chi connectivity index (χ3n) is 3.80. The number of pyridine rings is 1. The van der Waals surface area contributed by atoms with E-state index in [1.807, 2.05) is 0 Å². The van der Waals surface area contributed by atoms with Crippen molar-refractivity contribution in [2.75, 3.05) is 5.73 Å². The van der Waals surface area contributed by atoms with Crippen LogP contribution in [0.25, 0.3) is 0 Å². The molecule has 0 radical (unpaired) electrons. The molecule has 3 N–H and O–H groups in total. The molecule has 104 valence electrons. The third kappa shape index (κ3) is 3.60. The van der Waals surface area contributed by atoms with E-state index < -0.39 is 0 Å². The Bertz CT molecular complexity index is 478. The highest BCUT2D eigenvalue weighted by atomic mass is 35.5. The lowest BCUT2D eigenvalue weighted by molar-refractivity contribution is 0.0909. The first-order valence-corrected chi connectivity index (χ1v) is 6.97. The number of nitrogens with two attached hydrogens (primary N) is 1. The van der Waals surface area contributed by atoms with Crippen LogP contribution >= 0.6 is 11.6 Å². The maximum Gasteiger partial charge on any atom is 0.253 e. The number of nitrogens with zero attached hydrogens (tertiary/aromatic N) is 1. The molecule has 4 nitrogen and oxygen atoms in total. The van der Waals surface area contributed by atoms with Crippen LogP contribution in [0.2, 0.25) is 5.02 Å². The van der Waals surface area contributed by atoms with Crippen LogP contribution in [-0.4, -0.2) is 16.9 Å². The summed E-state index contributed by atoms with van der Waals surface area (Å²) >= 11 is 5.98. The van der Waals surface area contributed by atoms with E-state index in [0.717, 1.165) is 25.7 Å². The van der Waals surface area contributed by atoms with Crippen molar-refractivity contribution in [1.82, 2.24) is 10.3 Å². The average Bonchev–Trinajstić information content (AvgIpc) is 2.35. The summed E-state index contributed by atoms with van der Waals surface area (Å²) in [6.45, 7) is 4.54. The molecule has 2 rings (SSSR count). The summed E-state index contributed by atoms with van der Waals surface area (Å²) in [6.07, 6.45) is 5.69. The summed E-state index contributed by atoms with van der Waals surface area (Å²) in [4.78, 5) is 16.0. The highest BCUT2D eigenvalue weighted by molar-refractivity contribution is 6.33. The van der Waals surface area contributed by atoms with Gasteiger partial charge in [-0.25, -0.2) is 4.98 Å². The Labute approximate surface area is 118 Å². The quantitative estimate of drug-likeness (QED) is 0.875. The van der Waals surface area contributed by atoms with Crippen LogP contribution in [0.3, 0.4) is 0 Å². The van der Waals surface area contributed by atoms with Gasteiger partial charge in [0.25, 0.3) is 5.91 Å². The van der Waals surface area contributed by atoms with Crippen LogP contribution in [0.4, 0.5) is 5.82 Å². The second-order valence-corrected chi connectivity index (χ2v) is 6.41. The Hall–Kier alpha value is -1.29. The molecule has 0 saturated heterocycles. The fourth-order valence-electron chi connectivity index (χ4n) is 2.44. The molecule has 5 heteroatoms. The predicted molar refractivity (Wildman–Crippen MR) is 77.2 cm³/mol. The fraction of sp³-hybridized carbons (Fsp3) is 0.571. The number of amides is 1. The van der Waals surface area contributed by atoms with Crippen molar-refractivity contribution < 1.29 is 4.79 Å². The van der Waals surface area contributed by atoms with Crippen molar-refractivity contribution in [2.45, 2.75) is 45.6 Å². The van der Waals surface area contributed by atoms with E-state index in [1.165, 1.54) is 12.3 Å². The van der Waals surface area contributed by atoms with E-state index in [2.05, 4.69) is 24.1 Å². The van der Waals surface area contributed by atoms with Crippen LogP contribution in [0.1, 0.15) is 49.9 Å². The standard InChI is InChI=1S/C14H20ClN3O/c1-14(2)5-3-9(4-6-14)18-13(19)10-7-12(16)17-8-11(10)15/h7-9H,3-6H2,1-2H3,(H2,16,17)(H,18,19). The molecule has 1 saturated carbocycles. The maximum absolute atomic E-state index is 12.2. The van der Waals surface area contributed by atoms with Crippen molar-refractivity contribution in [3.8, 4) is 0 Å². The van der Waals surface area contributed by atoms with Gasteiger partial charge in [-0.05, 0) is 37.2 Å². The number of nitrogens with one attached hydrogen (secondary N) is 1. The van der Waals surface area contributed by atoms with Crippen molar-refractivity contribution in [1.29, 1.82) is 0 Å². The Morgan fingerprint density at radius 2 is 2.11 bits per heavy atom. The molecule has 0 unspecified atom stereocenters. The van der Waals surface area contributed by atoms with E-state index >= 15 is 0 Å². The van der Waals surface area contributed by atoms with E-state index in [1.54, 1.807) is 0 Å². The summed E-state index contributed by atoms with van der Waals surface area (Å²) in [5, 5.41) is 3.37. The van der Waals surface area contributed by atoms with Gasteiger partial charge in [0.05, 0.1) is 10.6 Å². The van der Waals surface area contributed by atoms with E-state index in [0.29, 0.717) is 21.8 Å². The summed E-state index contributed by atoms with van der Waals surface area (Å²) in [6, 6.07) is 1.75. The van der Waals surface area contributed by atoms with Crippen molar-refractivity contribution >= 4 is 23.3 Å². The van der Waals surface area contributed by atoms with Gasteiger partial charge in [-0.2, -0.15) is 0 Å². The molecule has 0 atom stereocenters. The zero-order valence-electron chi connectivity index (χ0n) is 11.4. The van der Waals surface area contributed by atoms with Gasteiger partial charge >= 0.3 is 0 Å². The number of carbonyl (C=O) groups excluding carboxylic acids is 1. The first-order valence-electron chi connectivity index (χ1n) is 6.59. The Morgan fingerprint density at radius 1 is 1.47 bits per heavy atom. The molecule has 1 heterocycles. The zero-order valence-corrected chi connectivity index (χ0v) is 12.1. The Balaban J connectivity index is 2.00. The summed E-state index contributed by atoms with van der Waals surface area (Å²) in [5.74, 6) is 0.142. The SMILES string of the molecule is CC1(C)CCC(NC(=O)c2cc(N)ncc2Cl)CC1. The topological polar surface area (TPSA) is 68.0 Å². The minimum atomic E-state index is -0.163. The molecule has 0 bridgehead atoms. The van der Waals surface area contributed by atoms with Gasteiger partial charge in [0, 0.05) is 12.2 Å². The first kappa shape index (κ1) is 14.1. The van der Waals surface area contributed by atoms with Gasteiger partial charge in [0.2, 0.25) is 0 Å². The molecule has 1 aliphatic carbocycles. The average molecular weight is 282 g/mol. The third-order valence-corrected chi connectivity index (χ3v) is 4.10. The number of hydrogen-bond donors (Lipinski definition) is 2. The summed E-state index contributed by atoms with van der Waals surface area (Å²) in [7, 11) is 0. The van der Waals surface area contributed by atoms with Crippen LogP contribution < -0.4 is 11.1 Å². The molecular weight excluding hydrogens is 262 g/mol. The molecule has 1 aromatic heterocycles. The molecule has 0 spiro atoms. The lowest BCUT2D eigenvalue weighted by Gasteiger charge is -2.34. The highest BCUT2D eigenvalue weighted by Crippen LogP contribution is 2.35. The lowest BCUT2D eigenvalue weighted by Crippen LogP contribution is -2.39. The maximum atomic E-state index is 12.2. The largest absolute Gasteiger partial charge is 0.384 e. The highest BCUT2D eigenvalue weighted by Gasteiger charge is 2.28. The number of nitrogen functional groups attached to an aromatic ring is 1. The number of aromatic nitrogens is 1. The molecule has 1 fully saturated rings. The van der Waals surface area contributed by atoms with Crippen molar-refractivity contribution in [3.63, 3.8) is 0 Å². The van der Waals surface area contributed by atoms with Crippen molar-refractivity contribution in [3.05, 3.63) is 22.8 Å². The normalized spacial score (nSPS) is 19.1. The minimum absolute atomic E-state index is 0.163. The molecule has 1 amide bonds. The van der Waals surface area contributed by atoms with E-state index in [-0.39, 0.29) is 11.9 Å². The van der Waals surface area contributed by atoms with Gasteiger partial charge in [-0.1, -0.05) is 25.4 Å². The lowest BCUT2D eigenvalue weighted by atomic mass is 9.75. The Morgan fingerprint density at radius 3 is 2.74 bits per heavy atom. The smallest absolute Gasteiger partial charge is 0.253 e. The number of halogens is 1. The van der Waals surface area contributed by atoms with Gasteiger partial charge < -0.3 is 11.1 Å². The van der Waals surface area contributed by atoms with Gasteiger partial charge in [0.15, 0.2) is 0 Å². The second kappa shape index (κ2) is 5.37. The second-order valence-electron chi connectivity index (χ2n) is 6.00. The summed E-state index contributed by atoms with van der Waals surface area (Å²) < 4.78 is 0. The number of anilines is 1. The molecule has 1 aliphatic rings. The minimum Gasteiger partial charge on any atom is -0.384 e. The van der Waals surface area contributed by atoms with E-state index in [4.69, 9.17) is 17.3 Å². The van der Waals surface area contributed by atoms with E-state index in [9.17, 15) is 4.79 Å². The molecular formula is C14H20ClN3O. The number of rotatable bonds is 2. The zero-order chi connectivity index (χ0) is 14.0. The van der Waals surface area contributed by atoms with Gasteiger partial charge in [0.1, 0.15) is 5.82 Å². The number of hydrogen-bond acceptors (Lipinski definition) is 3. The van der Waals surface area contributed by atoms with Crippen LogP contribution in [0.15, 0.2) is 12.3 Å². The van der Waals surface area contributed by atoms with Crippen LogP contribution in [0, 0.1) is 5.41 Å². The van der Waals surface area contributed by atoms with Crippen LogP contribution in [0.5, 0.6) is 0 Å². The van der Waals surface area contributed by atoms with Crippen LogP contribution in [-0.2, 0) is 0 Å². The fourth-order valence-corrected chi connectivity index (χ4v) is 2.62. The van der Waals surface area contributed by atoms with Crippen molar-refractivity contribution in [2.24, 2.45) is 5.41 Å².